The highest BCUT2D eigenvalue weighted by Crippen LogP contribution is 2.24. The molecule has 0 aromatic carbocycles. The normalized spacial score (nSPS) is 17.1. The summed E-state index contributed by atoms with van der Waals surface area (Å²) in [5, 5.41) is 6.23. The highest BCUT2D eigenvalue weighted by atomic mass is 35.7. The second-order valence-corrected chi connectivity index (χ2v) is 6.89. The molecule has 0 aliphatic carbocycles. The monoisotopic (exact) mass is 322 g/mol. The van der Waals surface area contributed by atoms with Crippen LogP contribution < -0.4 is 0 Å². The fourth-order valence-corrected chi connectivity index (χ4v) is 3.35. The number of ether oxygens (including phenoxy) is 2. The number of rotatable bonds is 4. The van der Waals surface area contributed by atoms with E-state index in [4.69, 9.17) is 20.2 Å². The molecule has 1 aliphatic rings. The van der Waals surface area contributed by atoms with Crippen LogP contribution in [-0.2, 0) is 24.9 Å². The summed E-state index contributed by atoms with van der Waals surface area (Å²) in [5.74, 6) is -0.785. The van der Waals surface area contributed by atoms with Crippen LogP contribution in [0.1, 0.15) is 35.9 Å². The third-order valence-electron chi connectivity index (χ3n) is 3.02. The van der Waals surface area contributed by atoms with E-state index in [2.05, 4.69) is 10.2 Å². The van der Waals surface area contributed by atoms with Gasteiger partial charge in [0.1, 0.15) is 11.0 Å². The minimum absolute atomic E-state index is 0.288. The molecule has 0 spiro atoms. The van der Waals surface area contributed by atoms with Crippen LogP contribution in [0, 0.1) is 0 Å². The number of H-pyrrole nitrogens is 1. The summed E-state index contributed by atoms with van der Waals surface area (Å²) in [5.41, 5.74) is 0.00210. The van der Waals surface area contributed by atoms with Gasteiger partial charge in [-0.3, -0.25) is 5.10 Å². The zero-order valence-electron chi connectivity index (χ0n) is 10.9. The average molecular weight is 323 g/mol. The van der Waals surface area contributed by atoms with E-state index in [0.717, 1.165) is 0 Å². The molecule has 20 heavy (non-hydrogen) atoms. The van der Waals surface area contributed by atoms with Gasteiger partial charge in [-0.25, -0.2) is 13.2 Å². The summed E-state index contributed by atoms with van der Waals surface area (Å²) in [6.07, 6.45) is 1.24. The Morgan fingerprint density at radius 2 is 2.15 bits per heavy atom. The van der Waals surface area contributed by atoms with Crippen LogP contribution in [0.2, 0.25) is 0 Å². The van der Waals surface area contributed by atoms with Crippen molar-refractivity contribution in [3.63, 3.8) is 0 Å². The minimum Gasteiger partial charge on any atom is -0.457 e. The van der Waals surface area contributed by atoms with Gasteiger partial charge in [-0.15, -0.1) is 0 Å². The number of aryl methyl sites for hydroxylation is 1. The van der Waals surface area contributed by atoms with Crippen molar-refractivity contribution in [2.24, 2.45) is 0 Å². The van der Waals surface area contributed by atoms with Crippen LogP contribution in [0.25, 0.3) is 0 Å². The maximum absolute atomic E-state index is 12.0. The lowest BCUT2D eigenvalue weighted by atomic mass is 10.1. The van der Waals surface area contributed by atoms with E-state index >= 15 is 0 Å². The van der Waals surface area contributed by atoms with Crippen molar-refractivity contribution in [2.45, 2.75) is 37.2 Å². The molecule has 0 amide bonds. The molecule has 7 nitrogen and oxygen atoms in total. The first kappa shape index (κ1) is 15.3. The van der Waals surface area contributed by atoms with Crippen molar-refractivity contribution in [3.05, 3.63) is 11.4 Å². The maximum atomic E-state index is 12.0. The standard InChI is InChI=1S/C11H15ClN2O5S/c1-2-8-10(20(12,16)17)9(14-13-8)11(15)19-7-3-5-18-6-4-7/h7H,2-6H2,1H3,(H,13,14). The zero-order chi connectivity index (χ0) is 14.8. The Morgan fingerprint density at radius 3 is 2.70 bits per heavy atom. The number of carbonyl (C=O) groups is 1. The lowest BCUT2D eigenvalue weighted by Gasteiger charge is -2.21. The van der Waals surface area contributed by atoms with Crippen LogP contribution in [0.5, 0.6) is 0 Å². The quantitative estimate of drug-likeness (QED) is 0.661. The number of hydrogen-bond acceptors (Lipinski definition) is 6. The van der Waals surface area contributed by atoms with Gasteiger partial charge in [0.05, 0.1) is 18.9 Å². The molecular weight excluding hydrogens is 308 g/mol. The number of nitrogens with one attached hydrogen (secondary N) is 1. The highest BCUT2D eigenvalue weighted by molar-refractivity contribution is 8.13. The SMILES string of the molecule is CCc1[nH]nc(C(=O)OC2CCOCC2)c1S(=O)(=O)Cl. The predicted molar refractivity (Wildman–Crippen MR) is 70.3 cm³/mol. The molecule has 2 rings (SSSR count). The van der Waals surface area contributed by atoms with E-state index < -0.39 is 15.0 Å². The van der Waals surface area contributed by atoms with Gasteiger partial charge in [0.25, 0.3) is 9.05 Å². The molecular formula is C11H15ClN2O5S. The Labute approximate surface area is 121 Å². The van der Waals surface area contributed by atoms with E-state index in [1.165, 1.54) is 0 Å². The molecule has 1 saturated heterocycles. The molecule has 112 valence electrons. The third-order valence-corrected chi connectivity index (χ3v) is 4.41. The molecule has 9 heteroatoms. The number of esters is 1. The van der Waals surface area contributed by atoms with Gasteiger partial charge >= 0.3 is 5.97 Å². The summed E-state index contributed by atoms with van der Waals surface area (Å²) in [6, 6.07) is 0. The number of halogens is 1. The Bertz CT molecular complexity index is 592. The Balaban J connectivity index is 2.23. The van der Waals surface area contributed by atoms with E-state index in [1.807, 2.05) is 0 Å². The summed E-state index contributed by atoms with van der Waals surface area (Å²) in [6.45, 7) is 2.76. The van der Waals surface area contributed by atoms with Crippen molar-refractivity contribution < 1.29 is 22.7 Å². The minimum atomic E-state index is -4.07. The van der Waals surface area contributed by atoms with Gasteiger partial charge in [-0.05, 0) is 6.42 Å². The fraction of sp³-hybridized carbons (Fsp3) is 0.636. The molecule has 1 aliphatic heterocycles. The van der Waals surface area contributed by atoms with Gasteiger partial charge in [-0.2, -0.15) is 5.10 Å². The maximum Gasteiger partial charge on any atom is 0.360 e. The fourth-order valence-electron chi connectivity index (χ4n) is 2.01. The second-order valence-electron chi connectivity index (χ2n) is 4.39. The Hall–Kier alpha value is -1.12. The van der Waals surface area contributed by atoms with Crippen LogP contribution >= 0.6 is 10.7 Å². The number of nitrogens with zero attached hydrogens (tertiary/aromatic N) is 1. The molecule has 1 fully saturated rings. The Morgan fingerprint density at radius 1 is 1.50 bits per heavy atom. The van der Waals surface area contributed by atoms with Crippen molar-refractivity contribution in [1.29, 1.82) is 0 Å². The van der Waals surface area contributed by atoms with Gasteiger partial charge < -0.3 is 9.47 Å². The first-order valence-corrected chi connectivity index (χ1v) is 8.55. The average Bonchev–Trinajstić information content (AvgIpc) is 2.83. The van der Waals surface area contributed by atoms with Crippen LogP contribution in [-0.4, -0.2) is 43.9 Å². The smallest absolute Gasteiger partial charge is 0.360 e. The van der Waals surface area contributed by atoms with E-state index in [1.54, 1.807) is 6.92 Å². The van der Waals surface area contributed by atoms with E-state index in [-0.39, 0.29) is 16.7 Å². The van der Waals surface area contributed by atoms with Crippen LogP contribution in [0.15, 0.2) is 4.90 Å². The van der Waals surface area contributed by atoms with Gasteiger partial charge in [-0.1, -0.05) is 6.92 Å². The highest BCUT2D eigenvalue weighted by Gasteiger charge is 2.30. The van der Waals surface area contributed by atoms with Gasteiger partial charge in [0, 0.05) is 23.5 Å². The van der Waals surface area contributed by atoms with Crippen LogP contribution in [0.4, 0.5) is 0 Å². The van der Waals surface area contributed by atoms with E-state index in [9.17, 15) is 13.2 Å². The topological polar surface area (TPSA) is 98.3 Å². The number of carbonyl (C=O) groups excluding carboxylic acids is 1. The molecule has 0 unspecified atom stereocenters. The largest absolute Gasteiger partial charge is 0.457 e. The molecule has 2 heterocycles. The van der Waals surface area contributed by atoms with Crippen LogP contribution in [0.3, 0.4) is 0 Å². The number of aromatic nitrogens is 2. The molecule has 1 aromatic rings. The molecule has 1 aromatic heterocycles. The van der Waals surface area contributed by atoms with Crippen molar-refractivity contribution in [3.8, 4) is 0 Å². The van der Waals surface area contributed by atoms with Gasteiger partial charge in [0.15, 0.2) is 5.69 Å². The molecule has 0 radical (unpaired) electrons. The predicted octanol–water partition coefficient (Wildman–Crippen LogP) is 1.24. The van der Waals surface area contributed by atoms with E-state index in [0.29, 0.717) is 38.2 Å². The second kappa shape index (κ2) is 6.11. The summed E-state index contributed by atoms with van der Waals surface area (Å²) in [7, 11) is 1.29. The lowest BCUT2D eigenvalue weighted by molar-refractivity contribution is -0.0166. The number of aromatic amines is 1. The van der Waals surface area contributed by atoms with Gasteiger partial charge in [0.2, 0.25) is 0 Å². The number of hydrogen-bond donors (Lipinski definition) is 1. The summed E-state index contributed by atoms with van der Waals surface area (Å²) < 4.78 is 33.5. The van der Waals surface area contributed by atoms with Crippen molar-refractivity contribution in [1.82, 2.24) is 10.2 Å². The molecule has 1 N–H and O–H groups in total. The first-order valence-electron chi connectivity index (χ1n) is 6.24. The zero-order valence-corrected chi connectivity index (χ0v) is 12.5. The molecule has 0 bridgehead atoms. The third kappa shape index (κ3) is 3.31. The molecule has 0 atom stereocenters. The lowest BCUT2D eigenvalue weighted by Crippen LogP contribution is -2.26. The molecule has 0 saturated carbocycles. The van der Waals surface area contributed by atoms with Crippen molar-refractivity contribution >= 4 is 25.7 Å². The summed E-state index contributed by atoms with van der Waals surface area (Å²) in [4.78, 5) is 11.7. The summed E-state index contributed by atoms with van der Waals surface area (Å²) >= 11 is 0. The first-order chi connectivity index (χ1) is 9.43. The Kier molecular flexibility index (Phi) is 4.66. The van der Waals surface area contributed by atoms with Crippen molar-refractivity contribution in [2.75, 3.05) is 13.2 Å².